The molecule has 0 bridgehead atoms. The molecule has 0 saturated heterocycles. The molecular formula is C17H30N4OS. The van der Waals surface area contributed by atoms with Crippen LogP contribution in [0.25, 0.3) is 0 Å². The number of nitrogens with zero attached hydrogens (tertiary/aromatic N) is 3. The zero-order chi connectivity index (χ0) is 17.1. The van der Waals surface area contributed by atoms with Crippen LogP contribution in [0.5, 0.6) is 0 Å². The fourth-order valence-corrected chi connectivity index (χ4v) is 3.00. The molecule has 0 spiro atoms. The number of hydrogen-bond donors (Lipinski definition) is 1. The molecule has 0 radical (unpaired) electrons. The van der Waals surface area contributed by atoms with Crippen LogP contribution in [0.15, 0.2) is 22.5 Å². The van der Waals surface area contributed by atoms with Gasteiger partial charge < -0.3 is 15.1 Å². The lowest BCUT2D eigenvalue weighted by Crippen LogP contribution is -2.40. The lowest BCUT2D eigenvalue weighted by atomic mass is 10.3. The third kappa shape index (κ3) is 7.03. The average molecular weight is 339 g/mol. The van der Waals surface area contributed by atoms with Crippen LogP contribution in [-0.4, -0.2) is 61.4 Å². The maximum atomic E-state index is 12.0. The molecule has 0 aliphatic carbocycles. The van der Waals surface area contributed by atoms with Crippen molar-refractivity contribution in [1.29, 1.82) is 0 Å². The molecule has 1 amide bonds. The minimum absolute atomic E-state index is 0.177. The average Bonchev–Trinajstić information content (AvgIpc) is 3.06. The van der Waals surface area contributed by atoms with E-state index in [-0.39, 0.29) is 5.91 Å². The van der Waals surface area contributed by atoms with Gasteiger partial charge in [0.15, 0.2) is 5.96 Å². The molecule has 0 atom stereocenters. The second-order valence-corrected chi connectivity index (χ2v) is 6.33. The van der Waals surface area contributed by atoms with Crippen LogP contribution in [0.4, 0.5) is 0 Å². The lowest BCUT2D eigenvalue weighted by Gasteiger charge is -2.22. The summed E-state index contributed by atoms with van der Waals surface area (Å²) < 4.78 is 0. The summed E-state index contributed by atoms with van der Waals surface area (Å²) in [6.45, 7) is 9.87. The number of guanidine groups is 1. The molecule has 0 aliphatic heterocycles. The van der Waals surface area contributed by atoms with E-state index in [1.807, 2.05) is 25.8 Å². The Kier molecular flexibility index (Phi) is 9.36. The molecule has 0 fully saturated rings. The highest BCUT2D eigenvalue weighted by molar-refractivity contribution is 7.09. The zero-order valence-corrected chi connectivity index (χ0v) is 15.7. The first-order valence-corrected chi connectivity index (χ1v) is 9.29. The monoisotopic (exact) mass is 338 g/mol. The molecule has 5 nitrogen and oxygen atoms in total. The molecule has 0 aromatic carbocycles. The summed E-state index contributed by atoms with van der Waals surface area (Å²) >= 11 is 1.78. The Morgan fingerprint density at radius 2 is 2.04 bits per heavy atom. The summed E-state index contributed by atoms with van der Waals surface area (Å²) in [5.41, 5.74) is 0. The van der Waals surface area contributed by atoms with E-state index in [1.165, 1.54) is 4.88 Å². The number of aliphatic imine (C=N–C) groups is 1. The molecular weight excluding hydrogens is 308 g/mol. The van der Waals surface area contributed by atoms with Crippen molar-refractivity contribution in [1.82, 2.24) is 15.1 Å². The van der Waals surface area contributed by atoms with Crippen molar-refractivity contribution >= 4 is 23.2 Å². The fourth-order valence-electron chi connectivity index (χ4n) is 2.30. The van der Waals surface area contributed by atoms with Crippen LogP contribution in [0.1, 0.15) is 32.1 Å². The fraction of sp³-hybridized carbons (Fsp3) is 0.647. The van der Waals surface area contributed by atoms with Gasteiger partial charge in [-0.25, -0.2) is 0 Å². The van der Waals surface area contributed by atoms with Crippen molar-refractivity contribution in [2.24, 2.45) is 4.99 Å². The van der Waals surface area contributed by atoms with E-state index < -0.39 is 0 Å². The van der Waals surface area contributed by atoms with Gasteiger partial charge in [0.2, 0.25) is 5.91 Å². The van der Waals surface area contributed by atoms with Gasteiger partial charge >= 0.3 is 0 Å². The van der Waals surface area contributed by atoms with Gasteiger partial charge in [0, 0.05) is 44.5 Å². The number of hydrogen-bond acceptors (Lipinski definition) is 3. The van der Waals surface area contributed by atoms with Gasteiger partial charge in [0.25, 0.3) is 0 Å². The molecule has 1 rings (SSSR count). The van der Waals surface area contributed by atoms with E-state index in [2.05, 4.69) is 39.6 Å². The number of carbonyl (C=O) groups is 1. The number of amides is 1. The minimum atomic E-state index is 0.177. The summed E-state index contributed by atoms with van der Waals surface area (Å²) in [7, 11) is 2.04. The summed E-state index contributed by atoms with van der Waals surface area (Å²) in [6.07, 6.45) is 1.48. The lowest BCUT2D eigenvalue weighted by molar-refractivity contribution is -0.130. The Labute approximate surface area is 144 Å². The van der Waals surface area contributed by atoms with Crippen LogP contribution in [-0.2, 0) is 11.2 Å². The van der Waals surface area contributed by atoms with Gasteiger partial charge in [-0.2, -0.15) is 0 Å². The normalized spacial score (nSPS) is 11.4. The Hall–Kier alpha value is -1.56. The molecule has 1 aromatic heterocycles. The number of carbonyl (C=O) groups excluding carboxylic acids is 1. The van der Waals surface area contributed by atoms with E-state index in [0.29, 0.717) is 13.0 Å². The number of rotatable bonds is 9. The van der Waals surface area contributed by atoms with E-state index in [0.717, 1.165) is 38.6 Å². The maximum Gasteiger partial charge on any atom is 0.224 e. The van der Waals surface area contributed by atoms with Crippen molar-refractivity contribution in [3.05, 3.63) is 22.4 Å². The predicted octanol–water partition coefficient (Wildman–Crippen LogP) is 2.45. The van der Waals surface area contributed by atoms with E-state index in [1.54, 1.807) is 11.3 Å². The zero-order valence-electron chi connectivity index (χ0n) is 14.8. The second-order valence-electron chi connectivity index (χ2n) is 5.30. The van der Waals surface area contributed by atoms with Crippen LogP contribution in [0.3, 0.4) is 0 Å². The first-order chi connectivity index (χ1) is 11.1. The Bertz CT molecular complexity index is 469. The van der Waals surface area contributed by atoms with Crippen molar-refractivity contribution in [2.45, 2.75) is 33.6 Å². The highest BCUT2D eigenvalue weighted by atomic mass is 32.1. The van der Waals surface area contributed by atoms with Gasteiger partial charge in [0.05, 0.1) is 6.54 Å². The van der Waals surface area contributed by atoms with Crippen LogP contribution < -0.4 is 5.32 Å². The molecule has 0 aliphatic rings. The van der Waals surface area contributed by atoms with Crippen LogP contribution in [0.2, 0.25) is 0 Å². The Morgan fingerprint density at radius 1 is 1.30 bits per heavy atom. The number of likely N-dealkylation sites (N-methyl/N-ethyl adjacent to an activating group) is 1. The van der Waals surface area contributed by atoms with Gasteiger partial charge in [-0.3, -0.25) is 9.79 Å². The first kappa shape index (κ1) is 19.5. The highest BCUT2D eigenvalue weighted by Gasteiger charge is 2.10. The number of thiophene rings is 1. The van der Waals surface area contributed by atoms with E-state index in [4.69, 9.17) is 0 Å². The van der Waals surface area contributed by atoms with E-state index >= 15 is 0 Å². The SMILES string of the molecule is CCNC(=NCCC(=O)N(CC)CC)N(C)CCc1cccs1. The van der Waals surface area contributed by atoms with Gasteiger partial charge in [-0.05, 0) is 38.6 Å². The minimum Gasteiger partial charge on any atom is -0.357 e. The standard InChI is InChI=1S/C17H30N4OS/c1-5-18-17(19-12-10-16(22)21(6-2)7-3)20(4)13-11-15-9-8-14-23-15/h8-9,14H,5-7,10-13H2,1-4H3,(H,18,19). The third-order valence-electron chi connectivity index (χ3n) is 3.67. The topological polar surface area (TPSA) is 47.9 Å². The molecule has 130 valence electrons. The Balaban J connectivity index is 2.49. The summed E-state index contributed by atoms with van der Waals surface area (Å²) in [6, 6.07) is 4.24. The van der Waals surface area contributed by atoms with Crippen molar-refractivity contribution < 1.29 is 4.79 Å². The van der Waals surface area contributed by atoms with Crippen LogP contribution in [0, 0.1) is 0 Å². The highest BCUT2D eigenvalue weighted by Crippen LogP contribution is 2.09. The maximum absolute atomic E-state index is 12.0. The summed E-state index contributed by atoms with van der Waals surface area (Å²) in [4.78, 5) is 22.0. The van der Waals surface area contributed by atoms with Crippen LogP contribution >= 0.6 is 11.3 Å². The quantitative estimate of drug-likeness (QED) is 0.556. The molecule has 1 aromatic rings. The molecule has 0 saturated carbocycles. The molecule has 0 unspecified atom stereocenters. The van der Waals surface area contributed by atoms with Gasteiger partial charge in [-0.1, -0.05) is 6.07 Å². The molecule has 1 N–H and O–H groups in total. The summed E-state index contributed by atoms with van der Waals surface area (Å²) in [5, 5.41) is 5.40. The van der Waals surface area contributed by atoms with Gasteiger partial charge in [0.1, 0.15) is 0 Å². The van der Waals surface area contributed by atoms with Crippen molar-refractivity contribution in [3.63, 3.8) is 0 Å². The summed E-state index contributed by atoms with van der Waals surface area (Å²) in [5.74, 6) is 1.05. The first-order valence-electron chi connectivity index (χ1n) is 8.41. The predicted molar refractivity (Wildman–Crippen MR) is 99.2 cm³/mol. The van der Waals surface area contributed by atoms with Crippen molar-refractivity contribution in [2.75, 3.05) is 39.8 Å². The molecule has 1 heterocycles. The largest absolute Gasteiger partial charge is 0.357 e. The smallest absolute Gasteiger partial charge is 0.224 e. The molecule has 6 heteroatoms. The van der Waals surface area contributed by atoms with Gasteiger partial charge in [-0.15, -0.1) is 11.3 Å². The van der Waals surface area contributed by atoms with E-state index in [9.17, 15) is 4.79 Å². The second kappa shape index (κ2) is 11.0. The number of nitrogens with one attached hydrogen (secondary N) is 1. The van der Waals surface area contributed by atoms with Crippen molar-refractivity contribution in [3.8, 4) is 0 Å². The third-order valence-corrected chi connectivity index (χ3v) is 4.61. The Morgan fingerprint density at radius 3 is 2.61 bits per heavy atom. The molecule has 23 heavy (non-hydrogen) atoms.